The van der Waals surface area contributed by atoms with Crippen LogP contribution in [0.2, 0.25) is 5.02 Å². The Morgan fingerprint density at radius 3 is 2.59 bits per heavy atom. The van der Waals surface area contributed by atoms with E-state index in [0.717, 1.165) is 21.3 Å². The van der Waals surface area contributed by atoms with E-state index in [1.165, 1.54) is 0 Å². The molecule has 2 aromatic carbocycles. The number of allylic oxidation sites excluding steroid dienone is 1. The molecule has 0 aliphatic heterocycles. The van der Waals surface area contributed by atoms with Gasteiger partial charge in [-0.05, 0) is 59.6 Å². The first-order valence-corrected chi connectivity index (χ1v) is 8.01. The summed E-state index contributed by atoms with van der Waals surface area (Å²) in [6.45, 7) is 3.96. The summed E-state index contributed by atoms with van der Waals surface area (Å²) < 4.78 is 6.53. The lowest BCUT2D eigenvalue weighted by molar-refractivity contribution is 0.241. The monoisotopic (exact) mass is 375 g/mol. The molecule has 2 aromatic rings. The van der Waals surface area contributed by atoms with Gasteiger partial charge in [0.05, 0.1) is 22.2 Å². The molecule has 112 valence electrons. The fraction of sp³-hybridized carbons (Fsp3) is 0.167. The molecule has 0 radical (unpaired) electrons. The van der Waals surface area contributed by atoms with Crippen LogP contribution in [0.4, 0.5) is 0 Å². The Labute approximate surface area is 144 Å². The first-order chi connectivity index (χ1) is 10.5. The van der Waals surface area contributed by atoms with Gasteiger partial charge in [0.2, 0.25) is 0 Å². The second-order valence-corrected chi connectivity index (χ2v) is 6.27. The van der Waals surface area contributed by atoms with Gasteiger partial charge >= 0.3 is 0 Å². The van der Waals surface area contributed by atoms with Crippen LogP contribution in [0.25, 0.3) is 11.6 Å². The lowest BCUT2D eigenvalue weighted by Crippen LogP contribution is -2.05. The van der Waals surface area contributed by atoms with Crippen LogP contribution in [-0.2, 0) is 0 Å². The smallest absolute Gasteiger partial charge is 0.133 e. The molecule has 0 spiro atoms. The van der Waals surface area contributed by atoms with E-state index in [1.807, 2.05) is 56.3 Å². The van der Waals surface area contributed by atoms with Gasteiger partial charge in [-0.15, -0.1) is 0 Å². The van der Waals surface area contributed by atoms with E-state index in [-0.39, 0.29) is 6.10 Å². The SMILES string of the molecule is CC(C)Oc1ccc(/C=C(/C#N)c2ccccc2Cl)cc1Br. The molecule has 0 bridgehead atoms. The molecule has 0 N–H and O–H groups in total. The highest BCUT2D eigenvalue weighted by molar-refractivity contribution is 9.10. The van der Waals surface area contributed by atoms with Crippen LogP contribution < -0.4 is 4.74 Å². The normalized spacial score (nSPS) is 11.4. The maximum atomic E-state index is 9.39. The van der Waals surface area contributed by atoms with Crippen LogP contribution in [0.15, 0.2) is 46.9 Å². The van der Waals surface area contributed by atoms with Crippen molar-refractivity contribution in [1.29, 1.82) is 5.26 Å². The zero-order valence-corrected chi connectivity index (χ0v) is 14.6. The number of benzene rings is 2. The summed E-state index contributed by atoms with van der Waals surface area (Å²) in [6, 6.07) is 15.2. The van der Waals surface area contributed by atoms with E-state index in [4.69, 9.17) is 16.3 Å². The van der Waals surface area contributed by atoms with Crippen molar-refractivity contribution < 1.29 is 4.74 Å². The summed E-state index contributed by atoms with van der Waals surface area (Å²) in [5.41, 5.74) is 2.15. The topological polar surface area (TPSA) is 33.0 Å². The molecule has 22 heavy (non-hydrogen) atoms. The summed E-state index contributed by atoms with van der Waals surface area (Å²) in [7, 11) is 0. The highest BCUT2D eigenvalue weighted by atomic mass is 79.9. The van der Waals surface area contributed by atoms with E-state index in [1.54, 1.807) is 6.07 Å². The Morgan fingerprint density at radius 2 is 2.00 bits per heavy atom. The van der Waals surface area contributed by atoms with Crippen molar-refractivity contribution in [1.82, 2.24) is 0 Å². The van der Waals surface area contributed by atoms with Crippen molar-refractivity contribution in [2.75, 3.05) is 0 Å². The minimum absolute atomic E-state index is 0.107. The molecule has 0 heterocycles. The Morgan fingerprint density at radius 1 is 1.27 bits per heavy atom. The molecule has 2 nitrogen and oxygen atoms in total. The van der Waals surface area contributed by atoms with Gasteiger partial charge in [0.25, 0.3) is 0 Å². The van der Waals surface area contributed by atoms with Gasteiger partial charge in [-0.1, -0.05) is 35.9 Å². The second kappa shape index (κ2) is 7.49. The average Bonchev–Trinajstić information content (AvgIpc) is 2.48. The molecule has 0 saturated carbocycles. The molecule has 0 aromatic heterocycles. The number of hydrogen-bond acceptors (Lipinski definition) is 2. The summed E-state index contributed by atoms with van der Waals surface area (Å²) in [4.78, 5) is 0. The van der Waals surface area contributed by atoms with Gasteiger partial charge in [-0.3, -0.25) is 0 Å². The van der Waals surface area contributed by atoms with Crippen molar-refractivity contribution >= 4 is 39.2 Å². The molecule has 0 aliphatic rings. The van der Waals surface area contributed by atoms with Gasteiger partial charge in [0.1, 0.15) is 5.75 Å². The second-order valence-electron chi connectivity index (χ2n) is 5.01. The first kappa shape index (κ1) is 16.6. The quantitative estimate of drug-likeness (QED) is 0.487. The zero-order valence-electron chi connectivity index (χ0n) is 12.3. The fourth-order valence-electron chi connectivity index (χ4n) is 1.97. The average molecular weight is 377 g/mol. The molecule has 0 aliphatic carbocycles. The fourth-order valence-corrected chi connectivity index (χ4v) is 2.70. The van der Waals surface area contributed by atoms with Crippen molar-refractivity contribution in [2.45, 2.75) is 20.0 Å². The predicted octanol–water partition coefficient (Wildman–Crippen LogP) is 5.95. The summed E-state index contributed by atoms with van der Waals surface area (Å²) in [6.07, 6.45) is 1.92. The van der Waals surface area contributed by atoms with E-state index in [9.17, 15) is 5.26 Å². The number of rotatable bonds is 4. The van der Waals surface area contributed by atoms with Crippen LogP contribution in [0.3, 0.4) is 0 Å². The Bertz CT molecular complexity index is 747. The Hall–Kier alpha value is -1.76. The minimum Gasteiger partial charge on any atom is -0.490 e. The minimum atomic E-state index is 0.107. The zero-order chi connectivity index (χ0) is 16.1. The summed E-state index contributed by atoms with van der Waals surface area (Å²) in [5, 5.41) is 9.96. The molecule has 2 rings (SSSR count). The van der Waals surface area contributed by atoms with E-state index in [2.05, 4.69) is 22.0 Å². The van der Waals surface area contributed by atoms with Crippen LogP contribution >= 0.6 is 27.5 Å². The highest BCUT2D eigenvalue weighted by Crippen LogP contribution is 2.30. The molecule has 0 saturated heterocycles. The molecular formula is C18H15BrClNO. The van der Waals surface area contributed by atoms with E-state index >= 15 is 0 Å². The highest BCUT2D eigenvalue weighted by Gasteiger charge is 2.07. The molecule has 0 atom stereocenters. The summed E-state index contributed by atoms with van der Waals surface area (Å²) >= 11 is 9.65. The Balaban J connectivity index is 2.37. The van der Waals surface area contributed by atoms with Crippen LogP contribution in [0, 0.1) is 11.3 Å². The van der Waals surface area contributed by atoms with Crippen molar-refractivity contribution in [3.63, 3.8) is 0 Å². The molecule has 0 unspecified atom stereocenters. The molecule has 0 fully saturated rings. The third-order valence-electron chi connectivity index (χ3n) is 2.91. The summed E-state index contributed by atoms with van der Waals surface area (Å²) in [5.74, 6) is 0.781. The third kappa shape index (κ3) is 4.13. The standard InChI is InChI=1S/C18H15BrClNO/c1-12(2)22-18-8-7-13(10-16(18)19)9-14(11-21)15-5-3-4-6-17(15)20/h3-10,12H,1-2H3/b14-9-. The molecular weight excluding hydrogens is 362 g/mol. The third-order valence-corrected chi connectivity index (χ3v) is 3.86. The van der Waals surface area contributed by atoms with Crippen molar-refractivity contribution in [2.24, 2.45) is 0 Å². The largest absolute Gasteiger partial charge is 0.490 e. The number of nitrogens with zero attached hydrogens (tertiary/aromatic N) is 1. The van der Waals surface area contributed by atoms with Gasteiger partial charge in [0, 0.05) is 10.6 Å². The van der Waals surface area contributed by atoms with Crippen LogP contribution in [0.5, 0.6) is 5.75 Å². The van der Waals surface area contributed by atoms with Gasteiger partial charge in [-0.25, -0.2) is 0 Å². The number of halogens is 2. The maximum Gasteiger partial charge on any atom is 0.133 e. The van der Waals surface area contributed by atoms with E-state index < -0.39 is 0 Å². The number of nitriles is 1. The van der Waals surface area contributed by atoms with Crippen molar-refractivity contribution in [3.8, 4) is 11.8 Å². The van der Waals surface area contributed by atoms with Crippen LogP contribution in [0.1, 0.15) is 25.0 Å². The number of ether oxygens (including phenoxy) is 1. The van der Waals surface area contributed by atoms with Gasteiger partial charge in [0.15, 0.2) is 0 Å². The Kier molecular flexibility index (Phi) is 5.65. The van der Waals surface area contributed by atoms with E-state index in [0.29, 0.717) is 10.6 Å². The number of hydrogen-bond donors (Lipinski definition) is 0. The molecule has 4 heteroatoms. The van der Waals surface area contributed by atoms with Crippen molar-refractivity contribution in [3.05, 3.63) is 63.1 Å². The van der Waals surface area contributed by atoms with Gasteiger partial charge < -0.3 is 4.74 Å². The predicted molar refractivity (Wildman–Crippen MR) is 94.8 cm³/mol. The maximum absolute atomic E-state index is 9.39. The van der Waals surface area contributed by atoms with Crippen LogP contribution in [-0.4, -0.2) is 6.10 Å². The van der Waals surface area contributed by atoms with Gasteiger partial charge in [-0.2, -0.15) is 5.26 Å². The molecule has 0 amide bonds. The lowest BCUT2D eigenvalue weighted by Gasteiger charge is -2.12. The first-order valence-electron chi connectivity index (χ1n) is 6.84. The lowest BCUT2D eigenvalue weighted by atomic mass is 10.0.